The Balaban J connectivity index is 2.38. The summed E-state index contributed by atoms with van der Waals surface area (Å²) in [6, 6.07) is 11.9. The van der Waals surface area contributed by atoms with Crippen LogP contribution in [0.1, 0.15) is 12.0 Å². The van der Waals surface area contributed by atoms with Gasteiger partial charge in [-0.15, -0.1) is 0 Å². The van der Waals surface area contributed by atoms with Crippen LogP contribution in [0.5, 0.6) is 5.75 Å². The first-order valence-corrected chi connectivity index (χ1v) is 6.25. The highest BCUT2D eigenvalue weighted by Crippen LogP contribution is 2.32. The third-order valence-electron chi connectivity index (χ3n) is 3.04. The Bertz CT molecular complexity index is 623. The van der Waals surface area contributed by atoms with Gasteiger partial charge in [-0.2, -0.15) is 0 Å². The van der Waals surface area contributed by atoms with Gasteiger partial charge in [0.05, 0.1) is 12.7 Å². The van der Waals surface area contributed by atoms with Crippen molar-refractivity contribution in [2.45, 2.75) is 12.8 Å². The Kier molecular flexibility index (Phi) is 4.35. The molecule has 0 aliphatic rings. The molecule has 2 rings (SSSR count). The lowest BCUT2D eigenvalue weighted by Gasteiger charge is -2.10. The van der Waals surface area contributed by atoms with Crippen molar-refractivity contribution in [3.8, 4) is 16.9 Å². The van der Waals surface area contributed by atoms with Crippen LogP contribution in [-0.2, 0) is 11.2 Å². The largest absolute Gasteiger partial charge is 0.496 e. The van der Waals surface area contributed by atoms with Crippen LogP contribution in [-0.4, -0.2) is 18.2 Å². The lowest BCUT2D eigenvalue weighted by Crippen LogP contribution is -1.98. The van der Waals surface area contributed by atoms with E-state index in [0.29, 0.717) is 23.3 Å². The lowest BCUT2D eigenvalue weighted by atomic mass is 10.00. The van der Waals surface area contributed by atoms with Crippen molar-refractivity contribution in [3.05, 3.63) is 53.8 Å². The Morgan fingerprint density at radius 3 is 2.70 bits per heavy atom. The number of hydrogen-bond donors (Lipinski definition) is 1. The second kappa shape index (κ2) is 6.19. The quantitative estimate of drug-likeness (QED) is 0.907. The minimum absolute atomic E-state index is 0.0534. The van der Waals surface area contributed by atoms with Gasteiger partial charge in [0.1, 0.15) is 11.6 Å². The van der Waals surface area contributed by atoms with Crippen molar-refractivity contribution in [3.63, 3.8) is 0 Å². The van der Waals surface area contributed by atoms with Crippen LogP contribution in [0.2, 0.25) is 0 Å². The highest BCUT2D eigenvalue weighted by atomic mass is 19.1. The fourth-order valence-electron chi connectivity index (χ4n) is 2.09. The van der Waals surface area contributed by atoms with Crippen LogP contribution in [0.3, 0.4) is 0 Å². The SMILES string of the molecule is COc1cccc(F)c1-c1cccc(CCC(=O)O)c1. The fraction of sp³-hybridized carbons (Fsp3) is 0.188. The van der Waals surface area contributed by atoms with Crippen molar-refractivity contribution < 1.29 is 19.0 Å². The number of rotatable bonds is 5. The summed E-state index contributed by atoms with van der Waals surface area (Å²) in [5.74, 6) is -0.751. The smallest absolute Gasteiger partial charge is 0.303 e. The van der Waals surface area contributed by atoms with Gasteiger partial charge in [-0.3, -0.25) is 4.79 Å². The Hall–Kier alpha value is -2.36. The number of benzene rings is 2. The van der Waals surface area contributed by atoms with Gasteiger partial charge in [0.2, 0.25) is 0 Å². The van der Waals surface area contributed by atoms with E-state index >= 15 is 0 Å². The molecule has 3 nitrogen and oxygen atoms in total. The Morgan fingerprint density at radius 2 is 2.00 bits per heavy atom. The second-order valence-corrected chi connectivity index (χ2v) is 4.41. The van der Waals surface area contributed by atoms with Crippen molar-refractivity contribution in [1.82, 2.24) is 0 Å². The summed E-state index contributed by atoms with van der Waals surface area (Å²) in [6.45, 7) is 0. The Morgan fingerprint density at radius 1 is 1.25 bits per heavy atom. The molecule has 0 heterocycles. The highest BCUT2D eigenvalue weighted by molar-refractivity contribution is 5.72. The summed E-state index contributed by atoms with van der Waals surface area (Å²) in [7, 11) is 1.49. The average molecular weight is 274 g/mol. The third-order valence-corrected chi connectivity index (χ3v) is 3.04. The van der Waals surface area contributed by atoms with Gasteiger partial charge in [0.25, 0.3) is 0 Å². The van der Waals surface area contributed by atoms with E-state index in [-0.39, 0.29) is 12.2 Å². The molecule has 0 atom stereocenters. The van der Waals surface area contributed by atoms with Gasteiger partial charge in [0.15, 0.2) is 0 Å². The molecule has 0 aliphatic carbocycles. The molecule has 0 radical (unpaired) electrons. The zero-order chi connectivity index (χ0) is 14.5. The molecule has 0 amide bonds. The van der Waals surface area contributed by atoms with Crippen LogP contribution < -0.4 is 4.74 Å². The van der Waals surface area contributed by atoms with Crippen molar-refractivity contribution in [2.24, 2.45) is 0 Å². The van der Waals surface area contributed by atoms with Gasteiger partial charge < -0.3 is 9.84 Å². The van der Waals surface area contributed by atoms with Gasteiger partial charge >= 0.3 is 5.97 Å². The molecule has 0 unspecified atom stereocenters. The zero-order valence-corrected chi connectivity index (χ0v) is 11.1. The molecule has 4 heteroatoms. The van der Waals surface area contributed by atoms with Crippen LogP contribution in [0.25, 0.3) is 11.1 Å². The summed E-state index contributed by atoms with van der Waals surface area (Å²) in [5, 5.41) is 8.71. The van der Waals surface area contributed by atoms with Crippen LogP contribution in [0.4, 0.5) is 4.39 Å². The topological polar surface area (TPSA) is 46.5 Å². The predicted octanol–water partition coefficient (Wildman–Crippen LogP) is 3.52. The molecule has 0 bridgehead atoms. The number of aryl methyl sites for hydroxylation is 1. The number of carboxylic acids is 1. The van der Waals surface area contributed by atoms with E-state index in [4.69, 9.17) is 9.84 Å². The summed E-state index contributed by atoms with van der Waals surface area (Å²) < 4.78 is 19.2. The number of ether oxygens (including phenoxy) is 1. The first-order valence-electron chi connectivity index (χ1n) is 6.25. The number of aliphatic carboxylic acids is 1. The number of halogens is 1. The van der Waals surface area contributed by atoms with E-state index < -0.39 is 5.97 Å². The molecule has 2 aromatic carbocycles. The van der Waals surface area contributed by atoms with E-state index in [2.05, 4.69) is 0 Å². The zero-order valence-electron chi connectivity index (χ0n) is 11.1. The molecule has 0 aliphatic heterocycles. The monoisotopic (exact) mass is 274 g/mol. The Labute approximate surface area is 116 Å². The van der Waals surface area contributed by atoms with E-state index in [1.54, 1.807) is 30.3 Å². The van der Waals surface area contributed by atoms with E-state index in [1.165, 1.54) is 13.2 Å². The molecule has 0 spiro atoms. The minimum atomic E-state index is -0.848. The molecule has 0 aromatic heterocycles. The average Bonchev–Trinajstić information content (AvgIpc) is 2.45. The van der Waals surface area contributed by atoms with Crippen molar-refractivity contribution >= 4 is 5.97 Å². The normalized spacial score (nSPS) is 10.3. The van der Waals surface area contributed by atoms with Gasteiger partial charge in [-0.05, 0) is 29.7 Å². The summed E-state index contributed by atoms with van der Waals surface area (Å²) >= 11 is 0. The number of carbonyl (C=O) groups is 1. The van der Waals surface area contributed by atoms with E-state index in [9.17, 15) is 9.18 Å². The van der Waals surface area contributed by atoms with Crippen LogP contribution in [0, 0.1) is 5.82 Å². The summed E-state index contributed by atoms with van der Waals surface area (Å²) in [5.41, 5.74) is 1.94. The van der Waals surface area contributed by atoms with Gasteiger partial charge in [-0.25, -0.2) is 4.39 Å². The molecule has 0 saturated carbocycles. The molecule has 0 fully saturated rings. The number of hydrogen-bond acceptors (Lipinski definition) is 2. The van der Waals surface area contributed by atoms with E-state index in [1.807, 2.05) is 6.07 Å². The second-order valence-electron chi connectivity index (χ2n) is 4.41. The molecule has 1 N–H and O–H groups in total. The molecular weight excluding hydrogens is 259 g/mol. The maximum atomic E-state index is 14.0. The molecule has 2 aromatic rings. The van der Waals surface area contributed by atoms with Crippen molar-refractivity contribution in [1.29, 1.82) is 0 Å². The highest BCUT2D eigenvalue weighted by Gasteiger charge is 2.12. The maximum Gasteiger partial charge on any atom is 0.303 e. The predicted molar refractivity (Wildman–Crippen MR) is 74.3 cm³/mol. The third kappa shape index (κ3) is 3.15. The fourth-order valence-corrected chi connectivity index (χ4v) is 2.09. The molecule has 20 heavy (non-hydrogen) atoms. The number of methoxy groups -OCH3 is 1. The lowest BCUT2D eigenvalue weighted by molar-refractivity contribution is -0.136. The molecular formula is C16H15FO3. The van der Waals surface area contributed by atoms with Gasteiger partial charge in [-0.1, -0.05) is 30.3 Å². The van der Waals surface area contributed by atoms with E-state index in [0.717, 1.165) is 5.56 Å². The molecule has 0 saturated heterocycles. The van der Waals surface area contributed by atoms with Crippen LogP contribution >= 0.6 is 0 Å². The summed E-state index contributed by atoms with van der Waals surface area (Å²) in [4.78, 5) is 10.6. The van der Waals surface area contributed by atoms with Crippen LogP contribution in [0.15, 0.2) is 42.5 Å². The standard InChI is InChI=1S/C16H15FO3/c1-20-14-7-3-6-13(17)16(14)12-5-2-4-11(10-12)8-9-15(18)19/h2-7,10H,8-9H2,1H3,(H,18,19). The minimum Gasteiger partial charge on any atom is -0.496 e. The van der Waals surface area contributed by atoms with Crippen molar-refractivity contribution in [2.75, 3.05) is 7.11 Å². The van der Waals surface area contributed by atoms with Gasteiger partial charge in [0, 0.05) is 6.42 Å². The first kappa shape index (κ1) is 14.1. The first-order chi connectivity index (χ1) is 9.61. The summed E-state index contributed by atoms with van der Waals surface area (Å²) in [6.07, 6.45) is 0.470. The maximum absolute atomic E-state index is 14.0. The molecule has 104 valence electrons. The number of carboxylic acid groups (broad SMARTS) is 1.